The lowest BCUT2D eigenvalue weighted by atomic mass is 10.1. The molecule has 4 nitrogen and oxygen atoms in total. The summed E-state index contributed by atoms with van der Waals surface area (Å²) in [5.74, 6) is 0.765. The Bertz CT molecular complexity index is 513. The minimum absolute atomic E-state index is 0.376. The monoisotopic (exact) mass is 227 g/mol. The summed E-state index contributed by atoms with van der Waals surface area (Å²) in [5, 5.41) is 12.6. The number of hydrogen-bond donors (Lipinski definition) is 0. The van der Waals surface area contributed by atoms with E-state index in [0.717, 1.165) is 17.0 Å². The van der Waals surface area contributed by atoms with Gasteiger partial charge in [-0.25, -0.2) is 0 Å². The number of aromatic nitrogens is 1. The lowest BCUT2D eigenvalue weighted by Gasteiger charge is -2.08. The number of hydrogen-bond acceptors (Lipinski definition) is 4. The molecule has 0 aliphatic carbocycles. The molecule has 0 amide bonds. The van der Waals surface area contributed by atoms with Crippen molar-refractivity contribution in [3.05, 3.63) is 42.2 Å². The zero-order valence-corrected chi connectivity index (χ0v) is 9.63. The summed E-state index contributed by atoms with van der Waals surface area (Å²) < 4.78 is 5.23. The average Bonchev–Trinajstić information content (AvgIpc) is 2.79. The van der Waals surface area contributed by atoms with Gasteiger partial charge in [0.25, 0.3) is 0 Å². The molecule has 0 N–H and O–H groups in total. The van der Waals surface area contributed by atoms with Crippen LogP contribution < -0.4 is 0 Å². The Morgan fingerprint density at radius 1 is 1.35 bits per heavy atom. The van der Waals surface area contributed by atoms with Crippen LogP contribution in [0.4, 0.5) is 0 Å². The second-order valence-corrected chi connectivity index (χ2v) is 3.87. The van der Waals surface area contributed by atoms with E-state index in [1.165, 1.54) is 0 Å². The molecule has 0 aliphatic heterocycles. The van der Waals surface area contributed by atoms with Gasteiger partial charge < -0.3 is 4.52 Å². The van der Waals surface area contributed by atoms with Gasteiger partial charge in [-0.3, -0.25) is 4.90 Å². The van der Waals surface area contributed by atoms with Gasteiger partial charge in [0, 0.05) is 11.6 Å². The molecule has 0 saturated heterocycles. The topological polar surface area (TPSA) is 53.1 Å². The van der Waals surface area contributed by atoms with Crippen molar-refractivity contribution in [3.8, 4) is 17.3 Å². The zero-order chi connectivity index (χ0) is 12.1. The summed E-state index contributed by atoms with van der Waals surface area (Å²) in [7, 11) is 1.87. The number of benzene rings is 1. The van der Waals surface area contributed by atoms with Gasteiger partial charge in [-0.1, -0.05) is 35.5 Å². The Morgan fingerprint density at radius 3 is 2.82 bits per heavy atom. The summed E-state index contributed by atoms with van der Waals surface area (Å²) in [5.41, 5.74) is 1.86. The summed E-state index contributed by atoms with van der Waals surface area (Å²) >= 11 is 0. The first-order chi connectivity index (χ1) is 8.29. The van der Waals surface area contributed by atoms with E-state index in [9.17, 15) is 0 Å². The Balaban J connectivity index is 2.09. The highest BCUT2D eigenvalue weighted by molar-refractivity contribution is 5.58. The largest absolute Gasteiger partial charge is 0.359 e. The van der Waals surface area contributed by atoms with Crippen LogP contribution in [0.2, 0.25) is 0 Å². The van der Waals surface area contributed by atoms with Crippen molar-refractivity contribution in [2.24, 2.45) is 0 Å². The fourth-order valence-electron chi connectivity index (χ4n) is 1.58. The summed E-state index contributed by atoms with van der Waals surface area (Å²) in [6.45, 7) is 0.967. The van der Waals surface area contributed by atoms with E-state index in [1.54, 1.807) is 0 Å². The van der Waals surface area contributed by atoms with E-state index in [2.05, 4.69) is 11.2 Å². The predicted octanol–water partition coefficient (Wildman–Crippen LogP) is 2.30. The van der Waals surface area contributed by atoms with Crippen molar-refractivity contribution in [3.63, 3.8) is 0 Å². The first-order valence-corrected chi connectivity index (χ1v) is 5.36. The first kappa shape index (κ1) is 11.4. The molecule has 0 unspecified atom stereocenters. The van der Waals surface area contributed by atoms with Crippen LogP contribution in [0.25, 0.3) is 11.3 Å². The Hall–Kier alpha value is -2.12. The van der Waals surface area contributed by atoms with Crippen molar-refractivity contribution < 1.29 is 4.52 Å². The number of nitriles is 1. The second-order valence-electron chi connectivity index (χ2n) is 3.87. The minimum Gasteiger partial charge on any atom is -0.359 e. The molecule has 2 aromatic rings. The Kier molecular flexibility index (Phi) is 3.53. The van der Waals surface area contributed by atoms with Gasteiger partial charge in [0.05, 0.1) is 19.2 Å². The fraction of sp³-hybridized carbons (Fsp3) is 0.231. The van der Waals surface area contributed by atoms with Crippen molar-refractivity contribution in [1.82, 2.24) is 10.1 Å². The highest BCUT2D eigenvalue weighted by atomic mass is 16.5. The normalized spacial score (nSPS) is 10.4. The molecule has 86 valence electrons. The molecule has 0 spiro atoms. The Morgan fingerprint density at radius 2 is 2.12 bits per heavy atom. The van der Waals surface area contributed by atoms with E-state index < -0.39 is 0 Å². The van der Waals surface area contributed by atoms with Crippen molar-refractivity contribution >= 4 is 0 Å². The highest BCUT2D eigenvalue weighted by Crippen LogP contribution is 2.18. The van der Waals surface area contributed by atoms with Crippen LogP contribution >= 0.6 is 0 Å². The van der Waals surface area contributed by atoms with E-state index in [0.29, 0.717) is 13.1 Å². The van der Waals surface area contributed by atoms with Gasteiger partial charge in [0.2, 0.25) is 0 Å². The molecular weight excluding hydrogens is 214 g/mol. The van der Waals surface area contributed by atoms with Gasteiger partial charge in [-0.05, 0) is 7.05 Å². The maximum absolute atomic E-state index is 8.56. The third-order valence-corrected chi connectivity index (χ3v) is 2.39. The molecule has 1 heterocycles. The van der Waals surface area contributed by atoms with Crippen LogP contribution in [0.1, 0.15) is 5.76 Å². The fourth-order valence-corrected chi connectivity index (χ4v) is 1.58. The van der Waals surface area contributed by atoms with E-state index >= 15 is 0 Å². The van der Waals surface area contributed by atoms with Gasteiger partial charge >= 0.3 is 0 Å². The molecule has 0 saturated carbocycles. The van der Waals surface area contributed by atoms with Gasteiger partial charge in [-0.2, -0.15) is 5.26 Å². The number of nitrogens with zero attached hydrogens (tertiary/aromatic N) is 3. The molecule has 0 aliphatic rings. The maximum atomic E-state index is 8.56. The number of rotatable bonds is 4. The molecule has 1 aromatic carbocycles. The van der Waals surface area contributed by atoms with E-state index in [4.69, 9.17) is 9.78 Å². The molecule has 4 heteroatoms. The summed E-state index contributed by atoms with van der Waals surface area (Å²) in [4.78, 5) is 1.87. The lowest BCUT2D eigenvalue weighted by Crippen LogP contribution is -2.17. The molecule has 17 heavy (non-hydrogen) atoms. The third-order valence-electron chi connectivity index (χ3n) is 2.39. The molecule has 0 fully saturated rings. The van der Waals surface area contributed by atoms with Crippen molar-refractivity contribution in [1.29, 1.82) is 5.26 Å². The van der Waals surface area contributed by atoms with Crippen LogP contribution in [0.3, 0.4) is 0 Å². The summed E-state index contributed by atoms with van der Waals surface area (Å²) in [6, 6.07) is 13.9. The van der Waals surface area contributed by atoms with E-state index in [-0.39, 0.29) is 0 Å². The van der Waals surface area contributed by atoms with Gasteiger partial charge in [0.15, 0.2) is 5.76 Å². The molecule has 2 rings (SSSR count). The quantitative estimate of drug-likeness (QED) is 0.752. The van der Waals surface area contributed by atoms with Crippen LogP contribution in [-0.2, 0) is 6.54 Å². The standard InChI is InChI=1S/C13H13N3O/c1-16(8-7-14)10-12-9-13(15-17-12)11-5-3-2-4-6-11/h2-6,9H,8,10H2,1H3. The predicted molar refractivity (Wildman–Crippen MR) is 63.9 cm³/mol. The third kappa shape index (κ3) is 2.92. The SMILES string of the molecule is CN(CC#N)Cc1cc(-c2ccccc2)no1. The highest BCUT2D eigenvalue weighted by Gasteiger charge is 2.08. The van der Waals surface area contributed by atoms with Crippen LogP contribution in [0.5, 0.6) is 0 Å². The molecule has 0 bridgehead atoms. The molecule has 0 radical (unpaired) electrons. The smallest absolute Gasteiger partial charge is 0.151 e. The van der Waals surface area contributed by atoms with E-state index in [1.807, 2.05) is 48.3 Å². The first-order valence-electron chi connectivity index (χ1n) is 5.36. The molecule has 1 aromatic heterocycles. The van der Waals surface area contributed by atoms with Gasteiger partial charge in [-0.15, -0.1) is 0 Å². The van der Waals surface area contributed by atoms with Gasteiger partial charge in [0.1, 0.15) is 5.69 Å². The minimum atomic E-state index is 0.376. The zero-order valence-electron chi connectivity index (χ0n) is 9.63. The van der Waals surface area contributed by atoms with Crippen LogP contribution in [0, 0.1) is 11.3 Å². The second kappa shape index (κ2) is 5.28. The maximum Gasteiger partial charge on any atom is 0.151 e. The lowest BCUT2D eigenvalue weighted by molar-refractivity contribution is 0.294. The molecular formula is C13H13N3O. The molecule has 0 atom stereocenters. The van der Waals surface area contributed by atoms with Crippen LogP contribution in [0.15, 0.2) is 40.9 Å². The van der Waals surface area contributed by atoms with Crippen molar-refractivity contribution in [2.75, 3.05) is 13.6 Å². The van der Waals surface area contributed by atoms with Crippen LogP contribution in [-0.4, -0.2) is 23.6 Å². The average molecular weight is 227 g/mol. The summed E-state index contributed by atoms with van der Waals surface area (Å²) in [6.07, 6.45) is 0. The van der Waals surface area contributed by atoms with Crippen molar-refractivity contribution in [2.45, 2.75) is 6.54 Å². The Labute approximate surface area is 100 Å².